The van der Waals surface area contributed by atoms with Crippen LogP contribution in [0.4, 0.5) is 0 Å². The Kier molecular flexibility index (Phi) is 5.25. The van der Waals surface area contributed by atoms with E-state index in [2.05, 4.69) is 0 Å². The molecule has 0 spiro atoms. The van der Waals surface area contributed by atoms with Crippen molar-refractivity contribution in [3.05, 3.63) is 0 Å². The highest BCUT2D eigenvalue weighted by Gasteiger charge is 1.76. The third-order valence-corrected chi connectivity index (χ3v) is 1.32. The Morgan fingerprint density at radius 1 is 1.83 bits per heavy atom. The van der Waals surface area contributed by atoms with Crippen molar-refractivity contribution < 1.29 is 9.53 Å². The lowest BCUT2D eigenvalue weighted by atomic mass is 10.9. The van der Waals surface area contributed by atoms with Crippen molar-refractivity contribution in [2.75, 3.05) is 12.8 Å². The van der Waals surface area contributed by atoms with Crippen LogP contribution in [0, 0.1) is 0 Å². The van der Waals surface area contributed by atoms with Gasteiger partial charge in [0.2, 0.25) is 0 Å². The molecule has 0 aromatic carbocycles. The molecule has 0 amide bonds. The molecular weight excluding hydrogens is 96.1 g/mol. The molecule has 38 valence electrons. The first kappa shape index (κ1) is 6.14. The van der Waals surface area contributed by atoms with Crippen molar-refractivity contribution in [1.82, 2.24) is 0 Å². The molecule has 0 aliphatic heterocycles. The molecule has 0 bridgehead atoms. The number of hydrogen-bond acceptors (Lipinski definition) is 2. The summed E-state index contributed by atoms with van der Waals surface area (Å²) >= 11 is 0. The van der Waals surface area contributed by atoms with Crippen LogP contribution in [-0.2, 0) is 4.43 Å². The van der Waals surface area contributed by atoms with E-state index in [0.717, 1.165) is 6.61 Å². The molecule has 0 aromatic heterocycles. The van der Waals surface area contributed by atoms with Crippen molar-refractivity contribution in [2.45, 2.75) is 6.92 Å². The van der Waals surface area contributed by atoms with E-state index in [1.807, 2.05) is 6.92 Å². The van der Waals surface area contributed by atoms with Crippen LogP contribution in [0.1, 0.15) is 6.92 Å². The van der Waals surface area contributed by atoms with Gasteiger partial charge in [0.05, 0.1) is 6.23 Å². The molecule has 0 fully saturated rings. The smallest absolute Gasteiger partial charge is 0.186 e. The van der Waals surface area contributed by atoms with Gasteiger partial charge in [0.15, 0.2) is 9.76 Å². The maximum atomic E-state index is 8.13. The molecule has 6 heavy (non-hydrogen) atoms. The lowest BCUT2D eigenvalue weighted by molar-refractivity contribution is 0.303. The lowest BCUT2D eigenvalue weighted by Gasteiger charge is -1.90. The van der Waals surface area contributed by atoms with Gasteiger partial charge in [-0.2, -0.15) is 0 Å². The third-order valence-electron chi connectivity index (χ3n) is 0.440. The zero-order valence-electron chi connectivity index (χ0n) is 3.98. The summed E-state index contributed by atoms with van der Waals surface area (Å²) in [4.78, 5) is 0. The standard InChI is InChI=1S/C3H10O2Si/c1-2-5-6-3-4/h4H,2-3,6H2,1H3. The van der Waals surface area contributed by atoms with Crippen LogP contribution in [0.2, 0.25) is 0 Å². The molecule has 3 heteroatoms. The minimum atomic E-state index is -0.523. The van der Waals surface area contributed by atoms with E-state index in [-0.39, 0.29) is 6.23 Å². The topological polar surface area (TPSA) is 29.5 Å². The summed E-state index contributed by atoms with van der Waals surface area (Å²) in [5.74, 6) is 0. The molecule has 2 nitrogen and oxygen atoms in total. The molecule has 0 aromatic rings. The number of rotatable bonds is 3. The Morgan fingerprint density at radius 3 is 2.67 bits per heavy atom. The van der Waals surface area contributed by atoms with Crippen molar-refractivity contribution in [2.24, 2.45) is 0 Å². The highest BCUT2D eigenvalue weighted by molar-refractivity contribution is 6.26. The quantitative estimate of drug-likeness (QED) is 0.371. The predicted octanol–water partition coefficient (Wildman–Crippen LogP) is -0.944. The van der Waals surface area contributed by atoms with Gasteiger partial charge in [-0.3, -0.25) is 0 Å². The van der Waals surface area contributed by atoms with Gasteiger partial charge in [-0.15, -0.1) is 0 Å². The van der Waals surface area contributed by atoms with E-state index in [1.54, 1.807) is 0 Å². The third kappa shape index (κ3) is 4.14. The summed E-state index contributed by atoms with van der Waals surface area (Å²) in [6.45, 7) is 2.69. The summed E-state index contributed by atoms with van der Waals surface area (Å²) < 4.78 is 4.87. The Bertz CT molecular complexity index is 20.8. The minimum Gasteiger partial charge on any atom is -0.422 e. The second-order valence-electron chi connectivity index (χ2n) is 0.921. The molecule has 0 rings (SSSR count). The molecule has 0 atom stereocenters. The van der Waals surface area contributed by atoms with E-state index in [0.29, 0.717) is 0 Å². The van der Waals surface area contributed by atoms with Crippen molar-refractivity contribution in [1.29, 1.82) is 0 Å². The van der Waals surface area contributed by atoms with Crippen LogP contribution in [0.5, 0.6) is 0 Å². The number of aliphatic hydroxyl groups excluding tert-OH is 1. The van der Waals surface area contributed by atoms with Gasteiger partial charge >= 0.3 is 0 Å². The summed E-state index contributed by atoms with van der Waals surface area (Å²) in [6, 6.07) is 0. The second kappa shape index (κ2) is 5.14. The molecule has 0 saturated carbocycles. The highest BCUT2D eigenvalue weighted by atomic mass is 28.2. The van der Waals surface area contributed by atoms with Gasteiger partial charge in [0, 0.05) is 6.61 Å². The zero-order chi connectivity index (χ0) is 4.83. The average molecular weight is 106 g/mol. The first-order valence-electron chi connectivity index (χ1n) is 2.10. The highest BCUT2D eigenvalue weighted by Crippen LogP contribution is 1.62. The fourth-order valence-electron chi connectivity index (χ4n) is 0.209. The number of aliphatic hydroxyl groups is 1. The molecular formula is C3H10O2Si. The molecule has 0 aliphatic carbocycles. The van der Waals surface area contributed by atoms with Crippen LogP contribution >= 0.6 is 0 Å². The fourth-order valence-corrected chi connectivity index (χ4v) is 0.627. The van der Waals surface area contributed by atoms with E-state index >= 15 is 0 Å². The lowest BCUT2D eigenvalue weighted by Crippen LogP contribution is -2.02. The van der Waals surface area contributed by atoms with Gasteiger partial charge < -0.3 is 9.53 Å². The predicted molar refractivity (Wildman–Crippen MR) is 27.3 cm³/mol. The van der Waals surface area contributed by atoms with Crippen LogP contribution < -0.4 is 0 Å². The maximum absolute atomic E-state index is 8.13. The van der Waals surface area contributed by atoms with Crippen LogP contribution in [0.3, 0.4) is 0 Å². The molecule has 0 heterocycles. The summed E-state index contributed by atoms with van der Waals surface area (Å²) in [7, 11) is -0.523. The molecule has 0 aliphatic rings. The van der Waals surface area contributed by atoms with E-state index < -0.39 is 9.76 Å². The van der Waals surface area contributed by atoms with E-state index in [1.165, 1.54) is 0 Å². The van der Waals surface area contributed by atoms with Crippen molar-refractivity contribution in [3.63, 3.8) is 0 Å². The van der Waals surface area contributed by atoms with Gasteiger partial charge in [0.25, 0.3) is 0 Å². The molecule has 0 radical (unpaired) electrons. The van der Waals surface area contributed by atoms with Gasteiger partial charge in [-0.1, -0.05) is 0 Å². The maximum Gasteiger partial charge on any atom is 0.186 e. The zero-order valence-corrected chi connectivity index (χ0v) is 5.39. The Hall–Kier alpha value is 0.137. The van der Waals surface area contributed by atoms with E-state index in [9.17, 15) is 0 Å². The molecule has 1 N–H and O–H groups in total. The molecule has 0 saturated heterocycles. The Morgan fingerprint density at radius 2 is 2.50 bits per heavy atom. The van der Waals surface area contributed by atoms with Gasteiger partial charge in [-0.25, -0.2) is 0 Å². The fraction of sp³-hybridized carbons (Fsp3) is 1.00. The van der Waals surface area contributed by atoms with Crippen molar-refractivity contribution in [3.8, 4) is 0 Å². The summed E-state index contributed by atoms with van der Waals surface area (Å²) in [6.07, 6.45) is 0.272. The average Bonchev–Trinajstić information content (AvgIpc) is 1.61. The SMILES string of the molecule is CCO[SiH2]CO. The largest absolute Gasteiger partial charge is 0.422 e. The number of hydrogen-bond donors (Lipinski definition) is 1. The van der Waals surface area contributed by atoms with Crippen molar-refractivity contribution >= 4 is 9.76 Å². The first-order valence-corrected chi connectivity index (χ1v) is 3.68. The Balaban J connectivity index is 2.34. The summed E-state index contributed by atoms with van der Waals surface area (Å²) in [5, 5.41) is 8.13. The molecule has 0 unspecified atom stereocenters. The minimum absolute atomic E-state index is 0.272. The normalized spacial score (nSPS) is 11.0. The van der Waals surface area contributed by atoms with E-state index in [4.69, 9.17) is 9.53 Å². The van der Waals surface area contributed by atoms with Crippen LogP contribution in [0.25, 0.3) is 0 Å². The first-order chi connectivity index (χ1) is 2.91. The summed E-state index contributed by atoms with van der Waals surface area (Å²) in [5.41, 5.74) is 0. The monoisotopic (exact) mass is 106 g/mol. The van der Waals surface area contributed by atoms with Gasteiger partial charge in [-0.05, 0) is 6.92 Å². The van der Waals surface area contributed by atoms with Crippen LogP contribution in [-0.4, -0.2) is 27.7 Å². The Labute approximate surface area is 40.1 Å². The second-order valence-corrected chi connectivity index (χ2v) is 2.18. The van der Waals surface area contributed by atoms with Crippen LogP contribution in [0.15, 0.2) is 0 Å². The van der Waals surface area contributed by atoms with Gasteiger partial charge in [0.1, 0.15) is 0 Å².